The molecule has 4 amide bonds. The Kier molecular flexibility index (Phi) is 43.7. The van der Waals surface area contributed by atoms with E-state index in [1.807, 2.05) is 0 Å². The van der Waals surface area contributed by atoms with E-state index < -0.39 is 5.92 Å². The maximum Gasteiger partial charge on any atom is 0.246 e. The molecule has 1 atom stereocenters. The summed E-state index contributed by atoms with van der Waals surface area (Å²) in [5, 5.41) is 11.0. The number of hydrogen-bond acceptors (Lipinski definition) is 12. The van der Waals surface area contributed by atoms with Gasteiger partial charge in [-0.25, -0.2) is 0 Å². The average Bonchev–Trinajstić information content (AvgIpc) is 3.24. The molecule has 0 spiro atoms. The van der Waals surface area contributed by atoms with Gasteiger partial charge in [0.2, 0.25) is 23.6 Å². The second kappa shape index (κ2) is 45.8. The molecule has 0 unspecified atom stereocenters. The first-order chi connectivity index (χ1) is 29.3. The Bertz CT molecular complexity index is 1040. The van der Waals surface area contributed by atoms with Crippen molar-refractivity contribution in [3.05, 3.63) is 6.92 Å². The average molecular weight is 858 g/mol. The summed E-state index contributed by atoms with van der Waals surface area (Å²) < 4.78 is 32.1. The standard InChI is InChI=1S/C44H83N5O11/c1-3-4-5-6-7-8-9-10-11-12-13-14-15-16-17-21-41(51)47-23-26-55-29-33-59-37-43(53)49-25-28-57-31-34-60-38-44(54)48-24-27-56-30-32-58-36-42(52)46-22-19-18-20-39(2)40(50)35-45/h2,39H,3-38,45H2,1H3,(H,46,52)(H,47,51)(H,48,54)(H,49,53)/t39-/m0/s1. The second-order valence-electron chi connectivity index (χ2n) is 14.9. The molecule has 0 aromatic heterocycles. The molecule has 16 heteroatoms. The summed E-state index contributed by atoms with van der Waals surface area (Å²) in [6.45, 7) is 11.7. The first-order valence-corrected chi connectivity index (χ1v) is 22.8. The van der Waals surface area contributed by atoms with Gasteiger partial charge in [-0.2, -0.15) is 0 Å². The van der Waals surface area contributed by atoms with Gasteiger partial charge in [-0.3, -0.25) is 24.0 Å². The Morgan fingerprint density at radius 2 is 0.783 bits per heavy atom. The first kappa shape index (κ1) is 57.3. The van der Waals surface area contributed by atoms with E-state index in [2.05, 4.69) is 28.2 Å². The van der Waals surface area contributed by atoms with Crippen LogP contribution in [0.15, 0.2) is 0 Å². The third kappa shape index (κ3) is 43.4. The fraction of sp³-hybridized carbons (Fsp3) is 0.864. The normalized spacial score (nSPS) is 11.7. The number of nitrogens with one attached hydrogen (secondary N) is 4. The molecule has 0 rings (SSSR count). The van der Waals surface area contributed by atoms with Gasteiger partial charge in [0.1, 0.15) is 25.6 Å². The smallest absolute Gasteiger partial charge is 0.246 e. The highest BCUT2D eigenvalue weighted by atomic mass is 16.5. The molecule has 0 fully saturated rings. The van der Waals surface area contributed by atoms with Gasteiger partial charge in [0.25, 0.3) is 0 Å². The van der Waals surface area contributed by atoms with Crippen molar-refractivity contribution < 1.29 is 52.4 Å². The van der Waals surface area contributed by atoms with Crippen LogP contribution in [0.25, 0.3) is 0 Å². The molecule has 16 nitrogen and oxygen atoms in total. The van der Waals surface area contributed by atoms with Gasteiger partial charge in [-0.1, -0.05) is 103 Å². The summed E-state index contributed by atoms with van der Waals surface area (Å²) in [7, 11) is 0. The molecule has 0 aliphatic heterocycles. The van der Waals surface area contributed by atoms with E-state index in [4.69, 9.17) is 41.1 Å². The summed E-state index contributed by atoms with van der Waals surface area (Å²) in [6.07, 6.45) is 22.1. The number of hydrogen-bond donors (Lipinski definition) is 5. The van der Waals surface area contributed by atoms with E-state index in [-0.39, 0.29) is 102 Å². The van der Waals surface area contributed by atoms with E-state index in [1.165, 1.54) is 83.5 Å². The molecule has 2 radical (unpaired) electrons. The van der Waals surface area contributed by atoms with Gasteiger partial charge in [0.05, 0.1) is 66.0 Å². The number of rotatable bonds is 47. The summed E-state index contributed by atoms with van der Waals surface area (Å²) in [5.41, 5.74) is 5.28. The zero-order chi connectivity index (χ0) is 44.0. The molecular weight excluding hydrogens is 775 g/mol. The SMILES string of the molecule is [CH][C@@H](CCCCNC(=O)COCCOCCNC(=O)COCCOCCNC(=O)COCCOCCNC(=O)CCCCCCCCCCCCCCCCC)C(=O)CN. The number of unbranched alkanes of at least 4 members (excludes halogenated alkanes) is 15. The van der Waals surface area contributed by atoms with Crippen LogP contribution in [-0.2, 0) is 52.4 Å². The first-order valence-electron chi connectivity index (χ1n) is 22.8. The fourth-order valence-electron chi connectivity index (χ4n) is 5.87. The van der Waals surface area contributed by atoms with Gasteiger partial charge >= 0.3 is 0 Å². The Morgan fingerprint density at radius 3 is 1.18 bits per heavy atom. The molecule has 0 aliphatic carbocycles. The number of carbonyl (C=O) groups is 5. The lowest BCUT2D eigenvalue weighted by Crippen LogP contribution is -2.32. The number of Topliss-reactive ketones (excluding diaryl/α,β-unsaturated/α-hetero) is 1. The van der Waals surface area contributed by atoms with Crippen molar-refractivity contribution in [2.24, 2.45) is 11.7 Å². The Balaban J connectivity index is 3.37. The molecule has 0 saturated heterocycles. The lowest BCUT2D eigenvalue weighted by molar-refractivity contribution is -0.127. The van der Waals surface area contributed by atoms with Crippen LogP contribution in [0.1, 0.15) is 129 Å². The lowest BCUT2D eigenvalue weighted by atomic mass is 9.99. The van der Waals surface area contributed by atoms with Crippen molar-refractivity contribution in [2.75, 3.05) is 112 Å². The minimum atomic E-state index is -0.551. The largest absolute Gasteiger partial charge is 0.377 e. The van der Waals surface area contributed by atoms with Gasteiger partial charge in [-0.05, 0) is 26.2 Å². The molecule has 6 N–H and O–H groups in total. The molecule has 0 heterocycles. The zero-order valence-electron chi connectivity index (χ0n) is 37.2. The third-order valence-electron chi connectivity index (χ3n) is 9.41. The predicted molar refractivity (Wildman–Crippen MR) is 232 cm³/mol. The van der Waals surface area contributed by atoms with Gasteiger partial charge < -0.3 is 55.4 Å². The summed E-state index contributed by atoms with van der Waals surface area (Å²) >= 11 is 0. The van der Waals surface area contributed by atoms with E-state index in [9.17, 15) is 24.0 Å². The maximum absolute atomic E-state index is 12.0. The van der Waals surface area contributed by atoms with Crippen molar-refractivity contribution in [2.45, 2.75) is 129 Å². The van der Waals surface area contributed by atoms with Gasteiger partial charge in [0, 0.05) is 38.5 Å². The molecule has 0 saturated carbocycles. The lowest BCUT2D eigenvalue weighted by Gasteiger charge is -2.10. The summed E-state index contributed by atoms with van der Waals surface area (Å²) in [6, 6.07) is 0. The Morgan fingerprint density at radius 1 is 0.433 bits per heavy atom. The van der Waals surface area contributed by atoms with Crippen molar-refractivity contribution >= 4 is 29.4 Å². The number of ether oxygens (including phenoxy) is 6. The molecule has 0 aliphatic rings. The molecule has 60 heavy (non-hydrogen) atoms. The van der Waals surface area contributed by atoms with Crippen LogP contribution in [-0.4, -0.2) is 141 Å². The van der Waals surface area contributed by atoms with Crippen LogP contribution < -0.4 is 27.0 Å². The highest BCUT2D eigenvalue weighted by Crippen LogP contribution is 2.14. The summed E-state index contributed by atoms with van der Waals surface area (Å²) in [5.74, 6) is -1.45. The molecule has 0 aromatic rings. The monoisotopic (exact) mass is 858 g/mol. The Hall–Kier alpha value is -2.73. The molecule has 350 valence electrons. The quantitative estimate of drug-likeness (QED) is 0.0553. The van der Waals surface area contributed by atoms with Crippen molar-refractivity contribution in [1.29, 1.82) is 0 Å². The number of carbonyl (C=O) groups excluding carboxylic acids is 5. The van der Waals surface area contributed by atoms with Crippen LogP contribution >= 0.6 is 0 Å². The fourth-order valence-corrected chi connectivity index (χ4v) is 5.87. The minimum Gasteiger partial charge on any atom is -0.377 e. The van der Waals surface area contributed by atoms with Crippen LogP contribution in [0.4, 0.5) is 0 Å². The van der Waals surface area contributed by atoms with Crippen molar-refractivity contribution in [3.8, 4) is 0 Å². The number of nitrogens with two attached hydrogens (primary N) is 1. The van der Waals surface area contributed by atoms with Crippen molar-refractivity contribution in [3.63, 3.8) is 0 Å². The number of amides is 4. The van der Waals surface area contributed by atoms with Crippen molar-refractivity contribution in [1.82, 2.24) is 21.3 Å². The predicted octanol–water partition coefficient (Wildman–Crippen LogP) is 3.84. The highest BCUT2D eigenvalue weighted by molar-refractivity contribution is 5.83. The molecular formula is C44H83N5O11. The minimum absolute atomic E-state index is 0.0611. The van der Waals surface area contributed by atoms with Gasteiger partial charge in [-0.15, -0.1) is 0 Å². The van der Waals surface area contributed by atoms with Crippen LogP contribution in [0.5, 0.6) is 0 Å². The highest BCUT2D eigenvalue weighted by Gasteiger charge is 2.11. The second-order valence-corrected chi connectivity index (χ2v) is 14.9. The zero-order valence-corrected chi connectivity index (χ0v) is 37.2. The topological polar surface area (TPSA) is 215 Å². The summed E-state index contributed by atoms with van der Waals surface area (Å²) in [4.78, 5) is 58.9. The van der Waals surface area contributed by atoms with Crippen LogP contribution in [0.2, 0.25) is 0 Å². The Labute approximate surface area is 361 Å². The van der Waals surface area contributed by atoms with Crippen LogP contribution in [0, 0.1) is 12.8 Å². The third-order valence-corrected chi connectivity index (χ3v) is 9.41. The number of ketones is 1. The van der Waals surface area contributed by atoms with Gasteiger partial charge in [0.15, 0.2) is 0 Å². The molecule has 0 bridgehead atoms. The maximum atomic E-state index is 12.0. The van der Waals surface area contributed by atoms with E-state index >= 15 is 0 Å². The van der Waals surface area contributed by atoms with Crippen LogP contribution in [0.3, 0.4) is 0 Å². The van der Waals surface area contributed by atoms with E-state index in [0.29, 0.717) is 65.1 Å². The molecule has 0 aromatic carbocycles. The van der Waals surface area contributed by atoms with E-state index in [0.717, 1.165) is 12.8 Å². The van der Waals surface area contributed by atoms with E-state index in [1.54, 1.807) is 0 Å².